The number of nitrogens with zero attached hydrogens (tertiary/aromatic N) is 2. The summed E-state index contributed by atoms with van der Waals surface area (Å²) in [6.07, 6.45) is 3.04. The van der Waals surface area contributed by atoms with Crippen molar-refractivity contribution in [2.24, 2.45) is 0 Å². The maximum atomic E-state index is 11.2. The molecule has 0 aliphatic heterocycles. The molecule has 5 nitrogen and oxygen atoms in total. The molecule has 96 valence electrons. The lowest BCUT2D eigenvalue weighted by Crippen LogP contribution is -2.00. The SMILES string of the molecule is COc1cc(S(=O)(=O)Cl)ccc1-n1cc(Cl)cn1. The van der Waals surface area contributed by atoms with Crippen LogP contribution in [0, 0.1) is 0 Å². The molecule has 0 aliphatic rings. The molecule has 0 fully saturated rings. The van der Waals surface area contributed by atoms with Gasteiger partial charge in [-0.05, 0) is 12.1 Å². The van der Waals surface area contributed by atoms with Gasteiger partial charge in [-0.3, -0.25) is 0 Å². The Morgan fingerprint density at radius 3 is 2.61 bits per heavy atom. The Morgan fingerprint density at radius 1 is 1.39 bits per heavy atom. The smallest absolute Gasteiger partial charge is 0.261 e. The van der Waals surface area contributed by atoms with E-state index in [1.165, 1.54) is 36.2 Å². The first-order valence-electron chi connectivity index (χ1n) is 4.75. The van der Waals surface area contributed by atoms with Crippen LogP contribution in [0.2, 0.25) is 5.02 Å². The summed E-state index contributed by atoms with van der Waals surface area (Å²) in [5.41, 5.74) is 0.563. The van der Waals surface area contributed by atoms with Gasteiger partial charge in [-0.15, -0.1) is 0 Å². The van der Waals surface area contributed by atoms with E-state index >= 15 is 0 Å². The van der Waals surface area contributed by atoms with Crippen LogP contribution >= 0.6 is 22.3 Å². The highest BCUT2D eigenvalue weighted by Crippen LogP contribution is 2.28. The minimum atomic E-state index is -3.79. The number of hydrogen-bond donors (Lipinski definition) is 0. The zero-order valence-electron chi connectivity index (χ0n) is 9.17. The number of benzene rings is 1. The van der Waals surface area contributed by atoms with Gasteiger partial charge in [0.25, 0.3) is 9.05 Å². The standard InChI is InChI=1S/C10H8Cl2N2O3S/c1-17-10-4-8(18(12,15)16)2-3-9(10)14-6-7(11)5-13-14/h2-6H,1H3. The van der Waals surface area contributed by atoms with Gasteiger partial charge in [0.05, 0.1) is 23.2 Å². The second kappa shape index (κ2) is 4.79. The third-order valence-electron chi connectivity index (χ3n) is 2.23. The van der Waals surface area contributed by atoms with Gasteiger partial charge in [0.2, 0.25) is 0 Å². The largest absolute Gasteiger partial charge is 0.494 e. The van der Waals surface area contributed by atoms with E-state index in [1.807, 2.05) is 0 Å². The Bertz CT molecular complexity index is 682. The first kappa shape index (κ1) is 13.2. The van der Waals surface area contributed by atoms with Crippen LogP contribution < -0.4 is 4.74 Å². The highest BCUT2D eigenvalue weighted by Gasteiger charge is 2.14. The molecule has 0 spiro atoms. The van der Waals surface area contributed by atoms with E-state index in [0.29, 0.717) is 16.5 Å². The Labute approximate surface area is 113 Å². The minimum Gasteiger partial charge on any atom is -0.494 e. The molecule has 1 aromatic carbocycles. The van der Waals surface area contributed by atoms with Crippen LogP contribution in [0.15, 0.2) is 35.5 Å². The zero-order valence-corrected chi connectivity index (χ0v) is 11.5. The van der Waals surface area contributed by atoms with Crippen LogP contribution in [0.4, 0.5) is 0 Å². The van der Waals surface area contributed by atoms with Crippen LogP contribution in [0.3, 0.4) is 0 Å². The fraction of sp³-hybridized carbons (Fsp3) is 0.100. The van der Waals surface area contributed by atoms with Crippen molar-refractivity contribution < 1.29 is 13.2 Å². The van der Waals surface area contributed by atoms with Crippen molar-refractivity contribution in [3.63, 3.8) is 0 Å². The molecule has 1 heterocycles. The second-order valence-electron chi connectivity index (χ2n) is 3.37. The van der Waals surface area contributed by atoms with E-state index in [4.69, 9.17) is 27.0 Å². The number of halogens is 2. The Kier molecular flexibility index (Phi) is 3.52. The predicted molar refractivity (Wildman–Crippen MR) is 68.2 cm³/mol. The maximum absolute atomic E-state index is 11.2. The molecule has 0 amide bonds. The third kappa shape index (κ3) is 2.60. The molecule has 18 heavy (non-hydrogen) atoms. The lowest BCUT2D eigenvalue weighted by molar-refractivity contribution is 0.410. The van der Waals surface area contributed by atoms with Crippen molar-refractivity contribution in [2.45, 2.75) is 4.90 Å². The molecule has 0 N–H and O–H groups in total. The quantitative estimate of drug-likeness (QED) is 0.817. The molecule has 1 aromatic heterocycles. The monoisotopic (exact) mass is 306 g/mol. The topological polar surface area (TPSA) is 61.2 Å². The van der Waals surface area contributed by atoms with Gasteiger partial charge in [0, 0.05) is 22.9 Å². The van der Waals surface area contributed by atoms with E-state index in [2.05, 4.69) is 5.10 Å². The molecule has 2 aromatic rings. The van der Waals surface area contributed by atoms with Gasteiger partial charge in [0.15, 0.2) is 0 Å². The summed E-state index contributed by atoms with van der Waals surface area (Å²) in [6.45, 7) is 0. The van der Waals surface area contributed by atoms with Crippen LogP contribution in [-0.4, -0.2) is 25.3 Å². The Hall–Kier alpha value is -1.24. The number of hydrogen-bond acceptors (Lipinski definition) is 4. The molecule has 0 bridgehead atoms. The van der Waals surface area contributed by atoms with Crippen molar-refractivity contribution in [3.05, 3.63) is 35.6 Å². The second-order valence-corrected chi connectivity index (χ2v) is 6.38. The van der Waals surface area contributed by atoms with Gasteiger partial charge in [0.1, 0.15) is 11.4 Å². The van der Waals surface area contributed by atoms with Crippen LogP contribution in [0.25, 0.3) is 5.69 Å². The zero-order chi connectivity index (χ0) is 13.3. The number of methoxy groups -OCH3 is 1. The van der Waals surface area contributed by atoms with Crippen molar-refractivity contribution in [1.29, 1.82) is 0 Å². The molecular weight excluding hydrogens is 299 g/mol. The van der Waals surface area contributed by atoms with Crippen LogP contribution in [-0.2, 0) is 9.05 Å². The summed E-state index contributed by atoms with van der Waals surface area (Å²) in [7, 11) is 2.90. The molecular formula is C10H8Cl2N2O3S. The van der Waals surface area contributed by atoms with Gasteiger partial charge < -0.3 is 4.74 Å². The molecule has 0 aliphatic carbocycles. The van der Waals surface area contributed by atoms with Crippen LogP contribution in [0.5, 0.6) is 5.75 Å². The number of ether oxygens (including phenoxy) is 1. The molecule has 8 heteroatoms. The Balaban J connectivity index is 2.57. The molecule has 0 unspecified atom stereocenters. The highest BCUT2D eigenvalue weighted by atomic mass is 35.7. The summed E-state index contributed by atoms with van der Waals surface area (Å²) >= 11 is 5.77. The average Bonchev–Trinajstić information content (AvgIpc) is 2.73. The summed E-state index contributed by atoms with van der Waals surface area (Å²) in [5.74, 6) is 0.330. The fourth-order valence-electron chi connectivity index (χ4n) is 1.43. The number of aromatic nitrogens is 2. The van der Waals surface area contributed by atoms with Crippen molar-refractivity contribution in [2.75, 3.05) is 7.11 Å². The molecule has 0 saturated heterocycles. The number of rotatable bonds is 3. The van der Waals surface area contributed by atoms with Crippen LogP contribution in [0.1, 0.15) is 0 Å². The van der Waals surface area contributed by atoms with E-state index in [-0.39, 0.29) is 4.90 Å². The fourth-order valence-corrected chi connectivity index (χ4v) is 2.33. The minimum absolute atomic E-state index is 0.0389. The van der Waals surface area contributed by atoms with E-state index < -0.39 is 9.05 Å². The van der Waals surface area contributed by atoms with Gasteiger partial charge in [-0.2, -0.15) is 5.10 Å². The van der Waals surface area contributed by atoms with Gasteiger partial charge >= 0.3 is 0 Å². The van der Waals surface area contributed by atoms with Crippen molar-refractivity contribution in [3.8, 4) is 11.4 Å². The lowest BCUT2D eigenvalue weighted by atomic mass is 10.3. The average molecular weight is 307 g/mol. The van der Waals surface area contributed by atoms with Gasteiger partial charge in [-0.25, -0.2) is 13.1 Å². The summed E-state index contributed by atoms with van der Waals surface area (Å²) in [6, 6.07) is 4.24. The third-order valence-corrected chi connectivity index (χ3v) is 3.78. The molecule has 0 atom stereocenters. The van der Waals surface area contributed by atoms with E-state index in [9.17, 15) is 8.42 Å². The normalized spacial score (nSPS) is 11.5. The van der Waals surface area contributed by atoms with Gasteiger partial charge in [-0.1, -0.05) is 11.6 Å². The summed E-state index contributed by atoms with van der Waals surface area (Å²) in [4.78, 5) is -0.0389. The summed E-state index contributed by atoms with van der Waals surface area (Å²) in [5, 5.41) is 4.47. The van der Waals surface area contributed by atoms with Crippen molar-refractivity contribution >= 4 is 31.3 Å². The van der Waals surface area contributed by atoms with Crippen molar-refractivity contribution in [1.82, 2.24) is 9.78 Å². The predicted octanol–water partition coefficient (Wildman–Crippen LogP) is 2.46. The maximum Gasteiger partial charge on any atom is 0.261 e. The van der Waals surface area contributed by atoms with E-state index in [0.717, 1.165) is 0 Å². The molecule has 0 radical (unpaired) electrons. The van der Waals surface area contributed by atoms with E-state index in [1.54, 1.807) is 6.20 Å². The molecule has 2 rings (SSSR count). The Morgan fingerprint density at radius 2 is 2.11 bits per heavy atom. The first-order chi connectivity index (χ1) is 8.41. The molecule has 0 saturated carbocycles. The lowest BCUT2D eigenvalue weighted by Gasteiger charge is -2.09. The summed E-state index contributed by atoms with van der Waals surface area (Å²) < 4.78 is 29.0. The highest BCUT2D eigenvalue weighted by molar-refractivity contribution is 8.13. The first-order valence-corrected chi connectivity index (χ1v) is 7.44.